The summed E-state index contributed by atoms with van der Waals surface area (Å²) in [5.74, 6) is 1.66. The molecule has 0 aliphatic heterocycles. The second kappa shape index (κ2) is 12.4. The summed E-state index contributed by atoms with van der Waals surface area (Å²) in [6.07, 6.45) is 2.56. The van der Waals surface area contributed by atoms with Gasteiger partial charge in [-0.3, -0.25) is 0 Å². The Hall–Kier alpha value is -1.13. The molecule has 2 aromatic heterocycles. The normalized spacial score (nSPS) is 11.9. The van der Waals surface area contributed by atoms with E-state index >= 15 is 0 Å². The van der Waals surface area contributed by atoms with Crippen molar-refractivity contribution >= 4 is 41.3 Å². The zero-order valence-electron chi connectivity index (χ0n) is 16.6. The van der Waals surface area contributed by atoms with Crippen LogP contribution in [0.25, 0.3) is 0 Å². The first-order chi connectivity index (χ1) is 12.5. The zero-order valence-corrected chi connectivity index (χ0v) is 19.7. The summed E-state index contributed by atoms with van der Waals surface area (Å²) in [5.41, 5.74) is 1.10. The number of ether oxygens (including phenoxy) is 1. The summed E-state index contributed by atoms with van der Waals surface area (Å²) in [6, 6.07) is 3.78. The van der Waals surface area contributed by atoms with Crippen LogP contribution in [0, 0.1) is 0 Å². The molecule has 2 rings (SSSR count). The van der Waals surface area contributed by atoms with Crippen molar-refractivity contribution in [3.05, 3.63) is 40.2 Å². The lowest BCUT2D eigenvalue weighted by Gasteiger charge is -2.13. The monoisotopic (exact) mass is 506 g/mol. The third-order valence-electron chi connectivity index (χ3n) is 3.52. The molecule has 0 aliphatic carbocycles. The highest BCUT2D eigenvalue weighted by Gasteiger charge is 2.17. The van der Waals surface area contributed by atoms with Crippen LogP contribution >= 0.6 is 35.3 Å². The lowest BCUT2D eigenvalue weighted by atomic mass is 9.98. The second-order valence-electron chi connectivity index (χ2n) is 7.00. The third kappa shape index (κ3) is 9.07. The van der Waals surface area contributed by atoms with E-state index in [1.807, 2.05) is 12.1 Å². The van der Waals surface area contributed by atoms with Gasteiger partial charge in [0.25, 0.3) is 0 Å². The second-order valence-corrected chi connectivity index (χ2v) is 7.86. The number of aromatic nitrogens is 1. The van der Waals surface area contributed by atoms with E-state index in [1.54, 1.807) is 17.6 Å². The zero-order chi connectivity index (χ0) is 18.8. The summed E-state index contributed by atoms with van der Waals surface area (Å²) in [7, 11) is 0. The molecule has 152 valence electrons. The van der Waals surface area contributed by atoms with Crippen molar-refractivity contribution in [1.29, 1.82) is 0 Å². The molecule has 2 N–H and O–H groups in total. The van der Waals surface area contributed by atoms with Gasteiger partial charge in [0.15, 0.2) is 5.96 Å². The number of hydrogen-bond donors (Lipinski definition) is 2. The summed E-state index contributed by atoms with van der Waals surface area (Å²) in [4.78, 5) is 9.31. The first-order valence-electron chi connectivity index (χ1n) is 9.06. The van der Waals surface area contributed by atoms with Crippen molar-refractivity contribution in [3.63, 3.8) is 0 Å². The van der Waals surface area contributed by atoms with E-state index < -0.39 is 0 Å². The molecular formula is C19H31IN4O2S. The minimum atomic E-state index is 0. The van der Waals surface area contributed by atoms with Gasteiger partial charge in [-0.05, 0) is 25.5 Å². The van der Waals surface area contributed by atoms with E-state index in [0.717, 1.165) is 41.9 Å². The largest absolute Gasteiger partial charge is 0.467 e. The maximum absolute atomic E-state index is 5.58. The van der Waals surface area contributed by atoms with Crippen LogP contribution in [0.3, 0.4) is 0 Å². The summed E-state index contributed by atoms with van der Waals surface area (Å²) < 4.78 is 10.8. The maximum Gasteiger partial charge on any atom is 0.191 e. The molecular weight excluding hydrogens is 475 g/mol. The molecule has 0 bridgehead atoms. The summed E-state index contributed by atoms with van der Waals surface area (Å²) in [6.45, 7) is 12.0. The Morgan fingerprint density at radius 2 is 2.15 bits per heavy atom. The molecule has 0 atom stereocenters. The predicted octanol–water partition coefficient (Wildman–Crippen LogP) is 4.31. The quantitative estimate of drug-likeness (QED) is 0.230. The molecule has 6 nitrogen and oxygen atoms in total. The van der Waals surface area contributed by atoms with Crippen LogP contribution in [0.15, 0.2) is 33.2 Å². The lowest BCUT2D eigenvalue weighted by molar-refractivity contribution is 0.105. The fraction of sp³-hybridized carbons (Fsp3) is 0.579. The van der Waals surface area contributed by atoms with Crippen LogP contribution in [0.4, 0.5) is 0 Å². The number of guanidine groups is 1. The van der Waals surface area contributed by atoms with Crippen molar-refractivity contribution in [1.82, 2.24) is 15.6 Å². The standard InChI is InChI=1S/C19H30N4O2S.HI/c1-5-20-18(21-9-7-10-24-13-16-8-6-11-25-16)22-12-15-14-26-17(23-15)19(2,3)4;/h6,8,11,14H,5,7,9-10,12-13H2,1-4H3,(H2,20,21,22);1H. The van der Waals surface area contributed by atoms with Crippen LogP contribution in [-0.4, -0.2) is 30.6 Å². The highest BCUT2D eigenvalue weighted by molar-refractivity contribution is 14.0. The minimum absolute atomic E-state index is 0. The molecule has 0 radical (unpaired) electrons. The fourth-order valence-electron chi connectivity index (χ4n) is 2.17. The van der Waals surface area contributed by atoms with Crippen LogP contribution in [-0.2, 0) is 23.3 Å². The van der Waals surface area contributed by atoms with Crippen molar-refractivity contribution < 1.29 is 9.15 Å². The average Bonchev–Trinajstić information content (AvgIpc) is 3.26. The van der Waals surface area contributed by atoms with E-state index in [2.05, 4.69) is 53.7 Å². The van der Waals surface area contributed by atoms with Gasteiger partial charge in [0.2, 0.25) is 0 Å². The Morgan fingerprint density at radius 3 is 2.78 bits per heavy atom. The van der Waals surface area contributed by atoms with E-state index in [-0.39, 0.29) is 29.4 Å². The van der Waals surface area contributed by atoms with Gasteiger partial charge >= 0.3 is 0 Å². The Morgan fingerprint density at radius 1 is 1.33 bits per heavy atom. The van der Waals surface area contributed by atoms with E-state index in [0.29, 0.717) is 19.8 Å². The van der Waals surface area contributed by atoms with Gasteiger partial charge < -0.3 is 19.8 Å². The van der Waals surface area contributed by atoms with Crippen molar-refractivity contribution in [2.45, 2.75) is 52.7 Å². The van der Waals surface area contributed by atoms with E-state index in [4.69, 9.17) is 9.15 Å². The maximum atomic E-state index is 5.58. The molecule has 27 heavy (non-hydrogen) atoms. The minimum Gasteiger partial charge on any atom is -0.467 e. The van der Waals surface area contributed by atoms with Crippen molar-refractivity contribution in [3.8, 4) is 0 Å². The van der Waals surface area contributed by atoms with E-state index in [9.17, 15) is 0 Å². The van der Waals surface area contributed by atoms with Crippen molar-refractivity contribution in [2.75, 3.05) is 19.7 Å². The summed E-state index contributed by atoms with van der Waals surface area (Å²) >= 11 is 1.70. The van der Waals surface area contributed by atoms with Gasteiger partial charge in [-0.25, -0.2) is 9.98 Å². The Bertz CT molecular complexity index is 666. The Kier molecular flexibility index (Phi) is 10.9. The molecule has 0 saturated carbocycles. The van der Waals surface area contributed by atoms with Gasteiger partial charge in [-0.2, -0.15) is 0 Å². The molecule has 0 spiro atoms. The Labute approximate surface area is 183 Å². The van der Waals surface area contributed by atoms with Crippen LogP contribution in [0.5, 0.6) is 0 Å². The molecule has 2 heterocycles. The average molecular weight is 506 g/mol. The number of nitrogens with one attached hydrogen (secondary N) is 2. The lowest BCUT2D eigenvalue weighted by Crippen LogP contribution is -2.38. The van der Waals surface area contributed by atoms with Gasteiger partial charge in [0.05, 0.1) is 23.5 Å². The van der Waals surface area contributed by atoms with Gasteiger partial charge in [0, 0.05) is 30.5 Å². The molecule has 0 saturated heterocycles. The predicted molar refractivity (Wildman–Crippen MR) is 122 cm³/mol. The SMILES string of the molecule is CCNC(=NCc1csc(C(C)(C)C)n1)NCCCOCc1ccco1.I. The molecule has 0 aliphatic rings. The number of thiazole rings is 1. The number of hydrogen-bond acceptors (Lipinski definition) is 5. The highest BCUT2D eigenvalue weighted by Crippen LogP contribution is 2.25. The molecule has 0 aromatic carbocycles. The number of aliphatic imine (C=N–C) groups is 1. The highest BCUT2D eigenvalue weighted by atomic mass is 127. The third-order valence-corrected chi connectivity index (χ3v) is 4.84. The molecule has 0 amide bonds. The fourth-order valence-corrected chi connectivity index (χ4v) is 3.07. The number of nitrogens with zero attached hydrogens (tertiary/aromatic N) is 2. The smallest absolute Gasteiger partial charge is 0.191 e. The molecule has 2 aromatic rings. The van der Waals surface area contributed by atoms with Gasteiger partial charge in [-0.15, -0.1) is 35.3 Å². The number of rotatable bonds is 9. The number of halogens is 1. The van der Waals surface area contributed by atoms with Crippen molar-refractivity contribution in [2.24, 2.45) is 4.99 Å². The molecule has 0 unspecified atom stereocenters. The molecule has 0 fully saturated rings. The number of furan rings is 1. The first kappa shape index (κ1) is 23.9. The van der Waals surface area contributed by atoms with Gasteiger partial charge in [0.1, 0.15) is 12.4 Å². The van der Waals surface area contributed by atoms with Crippen LogP contribution < -0.4 is 10.6 Å². The Balaban J connectivity index is 0.00000364. The first-order valence-corrected chi connectivity index (χ1v) is 9.94. The topological polar surface area (TPSA) is 71.7 Å². The van der Waals surface area contributed by atoms with E-state index in [1.165, 1.54) is 0 Å². The molecule has 8 heteroatoms. The van der Waals surface area contributed by atoms with Crippen LogP contribution in [0.1, 0.15) is 50.6 Å². The van der Waals surface area contributed by atoms with Crippen LogP contribution in [0.2, 0.25) is 0 Å². The summed E-state index contributed by atoms with van der Waals surface area (Å²) in [5, 5.41) is 9.84. The van der Waals surface area contributed by atoms with Gasteiger partial charge in [-0.1, -0.05) is 20.8 Å².